The van der Waals surface area contributed by atoms with E-state index in [9.17, 15) is 14.0 Å². The summed E-state index contributed by atoms with van der Waals surface area (Å²) in [6.45, 7) is -0.476. The molecule has 0 atom stereocenters. The molecule has 1 amide bonds. The van der Waals surface area contributed by atoms with Crippen LogP contribution in [0.1, 0.15) is 10.4 Å². The van der Waals surface area contributed by atoms with Gasteiger partial charge in [0.1, 0.15) is 11.6 Å². The Kier molecular flexibility index (Phi) is 5.12. The molecule has 3 aromatic carbocycles. The number of nitrogens with one attached hydrogen (secondary N) is 1. The lowest BCUT2D eigenvalue weighted by Gasteiger charge is -2.10. The van der Waals surface area contributed by atoms with E-state index in [1.165, 1.54) is 18.2 Å². The van der Waals surface area contributed by atoms with Crippen LogP contribution < -0.4 is 10.1 Å². The van der Waals surface area contributed by atoms with E-state index < -0.39 is 24.3 Å². The van der Waals surface area contributed by atoms with Gasteiger partial charge < -0.3 is 14.8 Å². The molecule has 6 heteroatoms. The molecule has 3 aromatic rings. The highest BCUT2D eigenvalue weighted by molar-refractivity contribution is 6.07. The van der Waals surface area contributed by atoms with Gasteiger partial charge in [0.25, 0.3) is 5.91 Å². The zero-order chi connectivity index (χ0) is 18.5. The van der Waals surface area contributed by atoms with E-state index in [1.54, 1.807) is 37.4 Å². The minimum atomic E-state index is -0.627. The van der Waals surface area contributed by atoms with Crippen LogP contribution in [-0.4, -0.2) is 25.6 Å². The summed E-state index contributed by atoms with van der Waals surface area (Å²) in [7, 11) is 1.55. The Morgan fingerprint density at radius 2 is 1.77 bits per heavy atom. The molecule has 0 saturated carbocycles. The Hall–Kier alpha value is -3.41. The summed E-state index contributed by atoms with van der Waals surface area (Å²) in [5.74, 6) is -1.01. The molecule has 0 fully saturated rings. The quantitative estimate of drug-likeness (QED) is 0.709. The summed E-state index contributed by atoms with van der Waals surface area (Å²) in [6.07, 6.45) is 0. The van der Waals surface area contributed by atoms with Crippen molar-refractivity contribution in [2.24, 2.45) is 0 Å². The number of esters is 1. The molecule has 0 aliphatic heterocycles. The maximum Gasteiger partial charge on any atom is 0.339 e. The normalized spacial score (nSPS) is 10.4. The Bertz CT molecular complexity index is 971. The minimum Gasteiger partial charge on any atom is -0.496 e. The van der Waals surface area contributed by atoms with Crippen LogP contribution in [-0.2, 0) is 9.53 Å². The van der Waals surface area contributed by atoms with Crippen LogP contribution in [0, 0.1) is 5.82 Å². The Morgan fingerprint density at radius 3 is 2.50 bits per heavy atom. The van der Waals surface area contributed by atoms with Crippen LogP contribution >= 0.6 is 0 Å². The van der Waals surface area contributed by atoms with Gasteiger partial charge in [-0.15, -0.1) is 0 Å². The SMILES string of the molecule is COc1ccc(C(=O)OCC(=O)Nc2cccc(F)c2)c2ccccc12. The van der Waals surface area contributed by atoms with E-state index in [4.69, 9.17) is 9.47 Å². The number of benzene rings is 3. The van der Waals surface area contributed by atoms with Crippen molar-refractivity contribution in [3.05, 3.63) is 72.0 Å². The van der Waals surface area contributed by atoms with Crippen molar-refractivity contribution >= 4 is 28.3 Å². The largest absolute Gasteiger partial charge is 0.496 e. The third-order valence-corrected chi connectivity index (χ3v) is 3.77. The van der Waals surface area contributed by atoms with Crippen LogP contribution in [0.15, 0.2) is 60.7 Å². The molecule has 5 nitrogen and oxygen atoms in total. The van der Waals surface area contributed by atoms with Crippen molar-refractivity contribution in [1.82, 2.24) is 0 Å². The van der Waals surface area contributed by atoms with Crippen LogP contribution in [0.4, 0.5) is 10.1 Å². The average Bonchev–Trinajstić information content (AvgIpc) is 2.65. The summed E-state index contributed by atoms with van der Waals surface area (Å²) in [5, 5.41) is 3.91. The molecule has 1 N–H and O–H groups in total. The average molecular weight is 353 g/mol. The lowest BCUT2D eigenvalue weighted by molar-refractivity contribution is -0.119. The third kappa shape index (κ3) is 3.80. The number of methoxy groups -OCH3 is 1. The molecular weight excluding hydrogens is 337 g/mol. The first-order valence-corrected chi connectivity index (χ1v) is 7.87. The molecule has 0 aromatic heterocycles. The first-order valence-electron chi connectivity index (χ1n) is 7.87. The number of carbonyl (C=O) groups is 2. The third-order valence-electron chi connectivity index (χ3n) is 3.77. The van der Waals surface area contributed by atoms with Crippen molar-refractivity contribution in [1.29, 1.82) is 0 Å². The fraction of sp³-hybridized carbons (Fsp3) is 0.100. The minimum absolute atomic E-state index is 0.293. The Balaban J connectivity index is 1.71. The van der Waals surface area contributed by atoms with Crippen molar-refractivity contribution in [3.63, 3.8) is 0 Å². The predicted octanol–water partition coefficient (Wildman–Crippen LogP) is 3.78. The lowest BCUT2D eigenvalue weighted by atomic mass is 10.0. The number of fused-ring (bicyclic) bond motifs is 1. The van der Waals surface area contributed by atoms with Crippen LogP contribution in [0.2, 0.25) is 0 Å². The van der Waals surface area contributed by atoms with Crippen LogP contribution in [0.25, 0.3) is 10.8 Å². The molecule has 132 valence electrons. The maximum atomic E-state index is 13.1. The van der Waals surface area contributed by atoms with E-state index in [-0.39, 0.29) is 0 Å². The van der Waals surface area contributed by atoms with Crippen molar-refractivity contribution in [2.75, 3.05) is 19.0 Å². The maximum absolute atomic E-state index is 13.1. The summed E-state index contributed by atoms with van der Waals surface area (Å²) in [6, 6.07) is 16.0. The number of carbonyl (C=O) groups excluding carboxylic acids is 2. The number of amides is 1. The highest BCUT2D eigenvalue weighted by Crippen LogP contribution is 2.28. The van der Waals surface area contributed by atoms with Crippen molar-refractivity contribution < 1.29 is 23.5 Å². The standard InChI is InChI=1S/C20H16FNO4/c1-25-18-10-9-17(15-7-2-3-8-16(15)18)20(24)26-12-19(23)22-14-6-4-5-13(21)11-14/h2-11H,12H2,1H3,(H,22,23). The summed E-state index contributed by atoms with van der Waals surface area (Å²) in [5.41, 5.74) is 0.626. The number of hydrogen-bond donors (Lipinski definition) is 1. The predicted molar refractivity (Wildman–Crippen MR) is 95.8 cm³/mol. The van der Waals surface area contributed by atoms with Gasteiger partial charge in [-0.05, 0) is 35.7 Å². The Morgan fingerprint density at radius 1 is 1.00 bits per heavy atom. The summed E-state index contributed by atoms with van der Waals surface area (Å²) >= 11 is 0. The van der Waals surface area contributed by atoms with Gasteiger partial charge in [-0.25, -0.2) is 9.18 Å². The zero-order valence-electron chi connectivity index (χ0n) is 14.0. The number of halogens is 1. The smallest absolute Gasteiger partial charge is 0.339 e. The lowest BCUT2D eigenvalue weighted by Crippen LogP contribution is -2.21. The van der Waals surface area contributed by atoms with E-state index in [0.29, 0.717) is 22.4 Å². The van der Waals surface area contributed by atoms with Gasteiger partial charge in [-0.1, -0.05) is 30.3 Å². The second kappa shape index (κ2) is 7.65. The van der Waals surface area contributed by atoms with Gasteiger partial charge in [0.05, 0.1) is 12.7 Å². The first-order chi connectivity index (χ1) is 12.6. The molecule has 0 bridgehead atoms. The first kappa shape index (κ1) is 17.4. The van der Waals surface area contributed by atoms with E-state index in [2.05, 4.69) is 5.32 Å². The molecule has 3 rings (SSSR count). The highest BCUT2D eigenvalue weighted by Gasteiger charge is 2.15. The molecule has 0 aliphatic rings. The van der Waals surface area contributed by atoms with E-state index in [0.717, 1.165) is 5.39 Å². The van der Waals surface area contributed by atoms with Gasteiger partial charge in [-0.3, -0.25) is 4.79 Å². The number of hydrogen-bond acceptors (Lipinski definition) is 4. The molecule has 0 radical (unpaired) electrons. The number of anilines is 1. The van der Waals surface area contributed by atoms with Crippen LogP contribution in [0.5, 0.6) is 5.75 Å². The molecular formula is C20H16FNO4. The van der Waals surface area contributed by atoms with Gasteiger partial charge in [0.2, 0.25) is 0 Å². The van der Waals surface area contributed by atoms with E-state index in [1.807, 2.05) is 12.1 Å². The van der Waals surface area contributed by atoms with Crippen molar-refractivity contribution in [2.45, 2.75) is 0 Å². The number of rotatable bonds is 5. The topological polar surface area (TPSA) is 64.6 Å². The molecule has 0 spiro atoms. The molecule has 0 aliphatic carbocycles. The molecule has 0 heterocycles. The highest BCUT2D eigenvalue weighted by atomic mass is 19.1. The second-order valence-corrected chi connectivity index (χ2v) is 5.50. The van der Waals surface area contributed by atoms with E-state index >= 15 is 0 Å². The second-order valence-electron chi connectivity index (χ2n) is 5.50. The fourth-order valence-electron chi connectivity index (χ4n) is 2.60. The van der Waals surface area contributed by atoms with Gasteiger partial charge in [0.15, 0.2) is 6.61 Å². The molecule has 0 unspecified atom stereocenters. The van der Waals surface area contributed by atoms with Gasteiger partial charge in [-0.2, -0.15) is 0 Å². The monoisotopic (exact) mass is 353 g/mol. The van der Waals surface area contributed by atoms with Crippen LogP contribution in [0.3, 0.4) is 0 Å². The van der Waals surface area contributed by atoms with Gasteiger partial charge >= 0.3 is 5.97 Å². The molecule has 0 saturated heterocycles. The zero-order valence-corrected chi connectivity index (χ0v) is 14.0. The fourth-order valence-corrected chi connectivity index (χ4v) is 2.60. The van der Waals surface area contributed by atoms with Crippen molar-refractivity contribution in [3.8, 4) is 5.75 Å². The Labute approximate surface area is 149 Å². The molecule has 26 heavy (non-hydrogen) atoms. The summed E-state index contributed by atoms with van der Waals surface area (Å²) < 4.78 is 23.5. The summed E-state index contributed by atoms with van der Waals surface area (Å²) in [4.78, 5) is 24.3. The number of ether oxygens (including phenoxy) is 2. The van der Waals surface area contributed by atoms with Gasteiger partial charge in [0, 0.05) is 11.1 Å².